The fourth-order valence-electron chi connectivity index (χ4n) is 2.49. The second kappa shape index (κ2) is 6.51. The number of nitrogens with zero attached hydrogens (tertiary/aromatic N) is 1. The van der Waals surface area contributed by atoms with Gasteiger partial charge in [-0.05, 0) is 36.4 Å². The first kappa shape index (κ1) is 15.1. The Morgan fingerprint density at radius 1 is 1.30 bits per heavy atom. The summed E-state index contributed by atoms with van der Waals surface area (Å²) in [6.07, 6.45) is 1.75. The van der Waals surface area contributed by atoms with Crippen LogP contribution in [0, 0.1) is 5.82 Å². The van der Waals surface area contributed by atoms with Crippen LogP contribution in [0.5, 0.6) is 0 Å². The third-order valence-corrected chi connectivity index (χ3v) is 3.60. The molecule has 2 aromatic rings. The average molecular weight is 317 g/mol. The zero-order valence-electron chi connectivity index (χ0n) is 12.3. The SMILES string of the molecule is O=C(NCc1ccco1)N[C@H]1CC(=O)N(c2ccc(F)cc2)C1. The van der Waals surface area contributed by atoms with Gasteiger partial charge in [-0.1, -0.05) is 0 Å². The molecule has 0 radical (unpaired) electrons. The highest BCUT2D eigenvalue weighted by molar-refractivity contribution is 5.96. The van der Waals surface area contributed by atoms with E-state index in [1.54, 1.807) is 24.3 Å². The van der Waals surface area contributed by atoms with Gasteiger partial charge < -0.3 is 20.0 Å². The van der Waals surface area contributed by atoms with E-state index in [2.05, 4.69) is 10.6 Å². The summed E-state index contributed by atoms with van der Waals surface area (Å²) in [6, 6.07) is 8.56. The molecule has 1 aliphatic heterocycles. The van der Waals surface area contributed by atoms with Gasteiger partial charge in [0, 0.05) is 18.7 Å². The van der Waals surface area contributed by atoms with Crippen LogP contribution in [0.1, 0.15) is 12.2 Å². The first-order valence-corrected chi connectivity index (χ1v) is 7.24. The summed E-state index contributed by atoms with van der Waals surface area (Å²) in [5.41, 5.74) is 0.622. The molecule has 7 heteroatoms. The Morgan fingerprint density at radius 3 is 2.78 bits per heavy atom. The number of rotatable bonds is 4. The standard InChI is InChI=1S/C16H16FN3O3/c17-11-3-5-13(6-4-11)20-10-12(8-15(20)21)19-16(22)18-9-14-2-1-7-23-14/h1-7,12H,8-10H2,(H2,18,19,22)/t12-/m0/s1. The van der Waals surface area contributed by atoms with E-state index in [4.69, 9.17) is 4.42 Å². The zero-order valence-corrected chi connectivity index (χ0v) is 12.3. The van der Waals surface area contributed by atoms with Crippen molar-refractivity contribution in [3.8, 4) is 0 Å². The van der Waals surface area contributed by atoms with Crippen LogP contribution in [-0.4, -0.2) is 24.5 Å². The van der Waals surface area contributed by atoms with Gasteiger partial charge in [-0.15, -0.1) is 0 Å². The van der Waals surface area contributed by atoms with Gasteiger partial charge in [0.1, 0.15) is 11.6 Å². The molecule has 1 fully saturated rings. The summed E-state index contributed by atoms with van der Waals surface area (Å²) >= 11 is 0. The Balaban J connectivity index is 1.53. The number of benzene rings is 1. The molecule has 0 aliphatic carbocycles. The fraction of sp³-hybridized carbons (Fsp3) is 0.250. The van der Waals surface area contributed by atoms with Gasteiger partial charge >= 0.3 is 6.03 Å². The molecule has 1 aromatic heterocycles. The monoisotopic (exact) mass is 317 g/mol. The van der Waals surface area contributed by atoms with Crippen LogP contribution in [0.3, 0.4) is 0 Å². The lowest BCUT2D eigenvalue weighted by atomic mass is 10.2. The summed E-state index contributed by atoms with van der Waals surface area (Å²) in [7, 11) is 0. The van der Waals surface area contributed by atoms with Crippen LogP contribution in [0.2, 0.25) is 0 Å². The number of hydrogen-bond donors (Lipinski definition) is 2. The minimum absolute atomic E-state index is 0.104. The number of amides is 3. The van der Waals surface area contributed by atoms with Crippen molar-refractivity contribution in [3.63, 3.8) is 0 Å². The Labute approximate surface area is 132 Å². The van der Waals surface area contributed by atoms with Gasteiger partial charge in [0.25, 0.3) is 0 Å². The maximum Gasteiger partial charge on any atom is 0.315 e. The van der Waals surface area contributed by atoms with Gasteiger partial charge in [0.2, 0.25) is 5.91 Å². The predicted octanol–water partition coefficient (Wildman–Crippen LogP) is 2.02. The van der Waals surface area contributed by atoms with Crippen LogP contribution in [0.15, 0.2) is 47.1 Å². The Hall–Kier alpha value is -2.83. The van der Waals surface area contributed by atoms with Crippen molar-refractivity contribution in [3.05, 3.63) is 54.2 Å². The van der Waals surface area contributed by atoms with Crippen molar-refractivity contribution in [2.75, 3.05) is 11.4 Å². The third kappa shape index (κ3) is 3.68. The second-order valence-corrected chi connectivity index (χ2v) is 5.29. The Kier molecular flexibility index (Phi) is 4.27. The van der Waals surface area contributed by atoms with Crippen LogP contribution in [0.4, 0.5) is 14.9 Å². The molecule has 1 atom stereocenters. The Morgan fingerprint density at radius 2 is 2.09 bits per heavy atom. The molecular formula is C16H16FN3O3. The van der Waals surface area contributed by atoms with Crippen molar-refractivity contribution >= 4 is 17.6 Å². The molecule has 2 heterocycles. The number of carbonyl (C=O) groups excluding carboxylic acids is 2. The molecule has 0 unspecified atom stereocenters. The molecule has 1 saturated heterocycles. The molecule has 0 saturated carbocycles. The van der Waals surface area contributed by atoms with Crippen molar-refractivity contribution in [1.29, 1.82) is 0 Å². The van der Waals surface area contributed by atoms with Crippen molar-refractivity contribution in [2.24, 2.45) is 0 Å². The molecule has 120 valence electrons. The highest BCUT2D eigenvalue weighted by Gasteiger charge is 2.31. The van der Waals surface area contributed by atoms with E-state index in [0.717, 1.165) is 0 Å². The summed E-state index contributed by atoms with van der Waals surface area (Å²) in [5.74, 6) is 0.191. The van der Waals surface area contributed by atoms with Crippen LogP contribution in [0.25, 0.3) is 0 Å². The van der Waals surface area contributed by atoms with E-state index in [0.29, 0.717) is 18.0 Å². The number of nitrogens with one attached hydrogen (secondary N) is 2. The van der Waals surface area contributed by atoms with Crippen molar-refractivity contribution < 1.29 is 18.4 Å². The largest absolute Gasteiger partial charge is 0.467 e. The van der Waals surface area contributed by atoms with Crippen LogP contribution < -0.4 is 15.5 Å². The smallest absolute Gasteiger partial charge is 0.315 e. The number of anilines is 1. The van der Waals surface area contributed by atoms with Gasteiger partial charge in [-0.3, -0.25) is 4.79 Å². The van der Waals surface area contributed by atoms with Crippen LogP contribution >= 0.6 is 0 Å². The van der Waals surface area contributed by atoms with Gasteiger partial charge in [0.05, 0.1) is 18.8 Å². The summed E-state index contributed by atoms with van der Waals surface area (Å²) in [6.45, 7) is 0.639. The van der Waals surface area contributed by atoms with Crippen molar-refractivity contribution in [1.82, 2.24) is 10.6 Å². The lowest BCUT2D eigenvalue weighted by Gasteiger charge is -2.17. The first-order valence-electron chi connectivity index (χ1n) is 7.24. The van der Waals surface area contributed by atoms with E-state index in [1.807, 2.05) is 0 Å². The number of carbonyl (C=O) groups is 2. The maximum atomic E-state index is 12.9. The minimum Gasteiger partial charge on any atom is -0.467 e. The molecule has 3 rings (SSSR count). The lowest BCUT2D eigenvalue weighted by molar-refractivity contribution is -0.117. The van der Waals surface area contributed by atoms with E-state index in [-0.39, 0.29) is 36.8 Å². The Bertz CT molecular complexity index is 685. The van der Waals surface area contributed by atoms with Gasteiger partial charge in [-0.2, -0.15) is 0 Å². The van der Waals surface area contributed by atoms with E-state index >= 15 is 0 Å². The van der Waals surface area contributed by atoms with E-state index in [9.17, 15) is 14.0 Å². The summed E-state index contributed by atoms with van der Waals surface area (Å²) in [4.78, 5) is 25.4. The average Bonchev–Trinajstić information content (AvgIpc) is 3.16. The second-order valence-electron chi connectivity index (χ2n) is 5.29. The molecule has 1 aromatic carbocycles. The highest BCUT2D eigenvalue weighted by Crippen LogP contribution is 2.21. The van der Waals surface area contributed by atoms with Crippen LogP contribution in [-0.2, 0) is 11.3 Å². The fourth-order valence-corrected chi connectivity index (χ4v) is 2.49. The number of halogens is 1. The van der Waals surface area contributed by atoms with Gasteiger partial charge in [-0.25, -0.2) is 9.18 Å². The predicted molar refractivity (Wildman–Crippen MR) is 81.2 cm³/mol. The van der Waals surface area contributed by atoms with Gasteiger partial charge in [0.15, 0.2) is 0 Å². The summed E-state index contributed by atoms with van der Waals surface area (Å²) < 4.78 is 18.1. The topological polar surface area (TPSA) is 74.6 Å². The normalized spacial score (nSPS) is 17.3. The molecule has 0 bridgehead atoms. The molecule has 6 nitrogen and oxygen atoms in total. The molecular weight excluding hydrogens is 301 g/mol. The molecule has 23 heavy (non-hydrogen) atoms. The van der Waals surface area contributed by atoms with Crippen molar-refractivity contribution in [2.45, 2.75) is 19.0 Å². The summed E-state index contributed by atoms with van der Waals surface area (Å²) in [5, 5.41) is 5.42. The van der Waals surface area contributed by atoms with E-state index < -0.39 is 0 Å². The van der Waals surface area contributed by atoms with E-state index in [1.165, 1.54) is 23.3 Å². The number of urea groups is 1. The lowest BCUT2D eigenvalue weighted by Crippen LogP contribution is -2.43. The molecule has 2 N–H and O–H groups in total. The molecule has 0 spiro atoms. The quantitative estimate of drug-likeness (QED) is 0.906. The minimum atomic E-state index is -0.361. The first-order chi connectivity index (χ1) is 11.1. The zero-order chi connectivity index (χ0) is 16.2. The molecule has 1 aliphatic rings. The third-order valence-electron chi connectivity index (χ3n) is 3.60. The number of hydrogen-bond acceptors (Lipinski definition) is 3. The number of furan rings is 1. The molecule has 3 amide bonds. The maximum absolute atomic E-state index is 12.9. The highest BCUT2D eigenvalue weighted by atomic mass is 19.1.